The van der Waals surface area contributed by atoms with Gasteiger partial charge in [-0.2, -0.15) is 5.10 Å². The molecule has 0 unspecified atom stereocenters. The molecule has 2 heterocycles. The van der Waals surface area contributed by atoms with E-state index in [0.29, 0.717) is 10.7 Å². The summed E-state index contributed by atoms with van der Waals surface area (Å²) in [6.07, 6.45) is 0. The molecule has 0 radical (unpaired) electrons. The van der Waals surface area contributed by atoms with Crippen molar-refractivity contribution in [2.75, 3.05) is 5.32 Å². The Bertz CT molecular complexity index is 836. The minimum absolute atomic E-state index is 0.209. The molecule has 22 heavy (non-hydrogen) atoms. The van der Waals surface area contributed by atoms with Crippen LogP contribution < -0.4 is 5.32 Å². The third-order valence-corrected chi connectivity index (χ3v) is 3.86. The average molecular weight is 313 g/mol. The highest BCUT2D eigenvalue weighted by atomic mass is 32.1. The van der Waals surface area contributed by atoms with Crippen LogP contribution in [0.2, 0.25) is 0 Å². The molecule has 3 aromatic rings. The standard InChI is InChI=1S/C15H15N5OS/c1-9-7-10(2)20(19-9)13-6-4-5-12(8-13)14(21)16-15-18-17-11(3)22-15/h4-8H,1-3H3,(H,16,18,21). The number of amides is 1. The van der Waals surface area contributed by atoms with Crippen molar-refractivity contribution in [3.8, 4) is 5.69 Å². The predicted octanol–water partition coefficient (Wildman–Crippen LogP) is 2.90. The molecule has 1 aromatic carbocycles. The van der Waals surface area contributed by atoms with Gasteiger partial charge in [0, 0.05) is 11.3 Å². The van der Waals surface area contributed by atoms with Crippen LogP contribution in [0.5, 0.6) is 0 Å². The Kier molecular flexibility index (Phi) is 3.72. The fourth-order valence-corrected chi connectivity index (χ4v) is 2.77. The molecule has 0 saturated carbocycles. The highest BCUT2D eigenvalue weighted by Gasteiger charge is 2.11. The van der Waals surface area contributed by atoms with E-state index in [4.69, 9.17) is 0 Å². The van der Waals surface area contributed by atoms with Gasteiger partial charge >= 0.3 is 0 Å². The maximum atomic E-state index is 12.3. The fourth-order valence-electron chi connectivity index (χ4n) is 2.19. The molecule has 0 saturated heterocycles. The molecule has 0 aliphatic heterocycles. The Labute approximate surface area is 131 Å². The maximum absolute atomic E-state index is 12.3. The number of benzene rings is 1. The molecule has 3 rings (SSSR count). The van der Waals surface area contributed by atoms with Gasteiger partial charge in [-0.25, -0.2) is 4.68 Å². The van der Waals surface area contributed by atoms with Gasteiger partial charge < -0.3 is 0 Å². The topological polar surface area (TPSA) is 72.7 Å². The van der Waals surface area contributed by atoms with E-state index in [1.807, 2.05) is 49.7 Å². The first kappa shape index (κ1) is 14.4. The third-order valence-electron chi connectivity index (χ3n) is 3.11. The summed E-state index contributed by atoms with van der Waals surface area (Å²) in [5, 5.41) is 16.3. The van der Waals surface area contributed by atoms with Crippen molar-refractivity contribution in [1.29, 1.82) is 0 Å². The zero-order valence-corrected chi connectivity index (χ0v) is 13.3. The zero-order chi connectivity index (χ0) is 15.7. The number of rotatable bonds is 3. The van der Waals surface area contributed by atoms with Crippen LogP contribution in [0.25, 0.3) is 5.69 Å². The highest BCUT2D eigenvalue weighted by molar-refractivity contribution is 7.15. The first-order valence-corrected chi connectivity index (χ1v) is 7.60. The lowest BCUT2D eigenvalue weighted by Crippen LogP contribution is -2.12. The number of aryl methyl sites for hydroxylation is 3. The highest BCUT2D eigenvalue weighted by Crippen LogP contribution is 2.17. The maximum Gasteiger partial charge on any atom is 0.257 e. The van der Waals surface area contributed by atoms with Crippen molar-refractivity contribution >= 4 is 22.4 Å². The average Bonchev–Trinajstić information content (AvgIpc) is 3.04. The SMILES string of the molecule is Cc1cc(C)n(-c2cccc(C(=O)Nc3nnc(C)s3)c2)n1. The number of carbonyl (C=O) groups excluding carboxylic acids is 1. The molecular formula is C15H15N5OS. The number of aromatic nitrogens is 4. The minimum atomic E-state index is -0.209. The summed E-state index contributed by atoms with van der Waals surface area (Å²) in [6, 6.07) is 9.33. The van der Waals surface area contributed by atoms with Crippen LogP contribution in [0.3, 0.4) is 0 Å². The van der Waals surface area contributed by atoms with E-state index in [1.165, 1.54) is 11.3 Å². The van der Waals surface area contributed by atoms with E-state index >= 15 is 0 Å². The molecule has 0 atom stereocenters. The third kappa shape index (κ3) is 2.89. The number of hydrogen-bond acceptors (Lipinski definition) is 5. The second kappa shape index (κ2) is 5.69. The zero-order valence-electron chi connectivity index (χ0n) is 12.5. The van der Waals surface area contributed by atoms with E-state index < -0.39 is 0 Å². The molecule has 1 amide bonds. The van der Waals surface area contributed by atoms with Crippen LogP contribution in [0.15, 0.2) is 30.3 Å². The molecule has 7 heteroatoms. The Morgan fingerprint density at radius 3 is 2.64 bits per heavy atom. The van der Waals surface area contributed by atoms with Gasteiger partial charge in [0.25, 0.3) is 5.91 Å². The summed E-state index contributed by atoms with van der Waals surface area (Å²) in [5.41, 5.74) is 3.37. The lowest BCUT2D eigenvalue weighted by atomic mass is 10.2. The lowest BCUT2D eigenvalue weighted by Gasteiger charge is -2.07. The van der Waals surface area contributed by atoms with Crippen molar-refractivity contribution in [3.05, 3.63) is 52.3 Å². The Morgan fingerprint density at radius 1 is 1.18 bits per heavy atom. The normalized spacial score (nSPS) is 10.7. The molecule has 0 bridgehead atoms. The van der Waals surface area contributed by atoms with Crippen LogP contribution in [-0.4, -0.2) is 25.9 Å². The molecule has 112 valence electrons. The molecule has 6 nitrogen and oxygen atoms in total. The van der Waals surface area contributed by atoms with Crippen molar-refractivity contribution < 1.29 is 4.79 Å². The quantitative estimate of drug-likeness (QED) is 0.807. The van der Waals surface area contributed by atoms with Gasteiger partial charge in [0.2, 0.25) is 5.13 Å². The van der Waals surface area contributed by atoms with E-state index in [1.54, 1.807) is 6.07 Å². The second-order valence-electron chi connectivity index (χ2n) is 4.97. The van der Waals surface area contributed by atoms with Gasteiger partial charge in [-0.05, 0) is 45.0 Å². The lowest BCUT2D eigenvalue weighted by molar-refractivity contribution is 0.102. The van der Waals surface area contributed by atoms with Crippen LogP contribution in [0, 0.1) is 20.8 Å². The summed E-state index contributed by atoms with van der Waals surface area (Å²) in [4.78, 5) is 12.3. The number of carbonyl (C=O) groups is 1. The summed E-state index contributed by atoms with van der Waals surface area (Å²) >= 11 is 1.35. The van der Waals surface area contributed by atoms with Crippen molar-refractivity contribution in [1.82, 2.24) is 20.0 Å². The number of hydrogen-bond donors (Lipinski definition) is 1. The van der Waals surface area contributed by atoms with Gasteiger partial charge in [-0.1, -0.05) is 17.4 Å². The van der Waals surface area contributed by atoms with Crippen LogP contribution in [0.4, 0.5) is 5.13 Å². The Hall–Kier alpha value is -2.54. The van der Waals surface area contributed by atoms with Crippen molar-refractivity contribution in [2.45, 2.75) is 20.8 Å². The molecule has 0 aliphatic rings. The summed E-state index contributed by atoms with van der Waals surface area (Å²) in [5.74, 6) is -0.209. The molecule has 0 aliphatic carbocycles. The van der Waals surface area contributed by atoms with Crippen molar-refractivity contribution in [3.63, 3.8) is 0 Å². The van der Waals surface area contributed by atoms with Crippen LogP contribution in [0.1, 0.15) is 26.8 Å². The molecule has 1 N–H and O–H groups in total. The number of nitrogens with zero attached hydrogens (tertiary/aromatic N) is 4. The fraction of sp³-hybridized carbons (Fsp3) is 0.200. The molecular weight excluding hydrogens is 298 g/mol. The Balaban J connectivity index is 1.87. The monoisotopic (exact) mass is 313 g/mol. The predicted molar refractivity (Wildman–Crippen MR) is 85.6 cm³/mol. The van der Waals surface area contributed by atoms with Crippen LogP contribution >= 0.6 is 11.3 Å². The Morgan fingerprint density at radius 2 is 2.00 bits per heavy atom. The van der Waals surface area contributed by atoms with Crippen LogP contribution in [-0.2, 0) is 0 Å². The largest absolute Gasteiger partial charge is 0.296 e. The van der Waals surface area contributed by atoms with Gasteiger partial charge in [0.1, 0.15) is 5.01 Å². The number of anilines is 1. The van der Waals surface area contributed by atoms with E-state index in [0.717, 1.165) is 22.1 Å². The first-order valence-electron chi connectivity index (χ1n) is 6.78. The number of nitrogens with one attached hydrogen (secondary N) is 1. The van der Waals surface area contributed by atoms with E-state index in [-0.39, 0.29) is 5.91 Å². The summed E-state index contributed by atoms with van der Waals surface area (Å²) < 4.78 is 1.82. The van der Waals surface area contributed by atoms with Gasteiger partial charge in [-0.3, -0.25) is 10.1 Å². The first-order chi connectivity index (χ1) is 10.5. The van der Waals surface area contributed by atoms with Gasteiger partial charge in [0.15, 0.2) is 0 Å². The molecule has 0 spiro atoms. The van der Waals surface area contributed by atoms with E-state index in [2.05, 4.69) is 20.6 Å². The van der Waals surface area contributed by atoms with E-state index in [9.17, 15) is 4.79 Å². The minimum Gasteiger partial charge on any atom is -0.296 e. The van der Waals surface area contributed by atoms with Gasteiger partial charge in [-0.15, -0.1) is 10.2 Å². The molecule has 0 fully saturated rings. The smallest absolute Gasteiger partial charge is 0.257 e. The summed E-state index contributed by atoms with van der Waals surface area (Å²) in [7, 11) is 0. The second-order valence-corrected chi connectivity index (χ2v) is 6.15. The molecule has 2 aromatic heterocycles. The van der Waals surface area contributed by atoms with Crippen molar-refractivity contribution in [2.24, 2.45) is 0 Å². The van der Waals surface area contributed by atoms with Gasteiger partial charge in [0.05, 0.1) is 11.4 Å². The summed E-state index contributed by atoms with van der Waals surface area (Å²) in [6.45, 7) is 5.77.